The number of nitrogen functional groups attached to an aromatic ring is 1. The van der Waals surface area contributed by atoms with Crippen molar-refractivity contribution in [3.05, 3.63) is 41.5 Å². The van der Waals surface area contributed by atoms with Gasteiger partial charge in [0.25, 0.3) is 5.91 Å². The Morgan fingerprint density at radius 3 is 2.66 bits per heavy atom. The number of nitrogens with zero attached hydrogens (tertiary/aromatic N) is 6. The molecule has 0 aliphatic carbocycles. The molecule has 4 atom stereocenters. The Labute approximate surface area is 214 Å². The molecule has 0 radical (unpaired) electrons. The van der Waals surface area contributed by atoms with Crippen molar-refractivity contribution in [2.75, 3.05) is 25.4 Å². The number of amides is 1. The number of nitrogens with two attached hydrogens (primary N) is 1. The highest BCUT2D eigenvalue weighted by Crippen LogP contribution is 2.37. The second-order valence-electron chi connectivity index (χ2n) is 9.81. The van der Waals surface area contributed by atoms with Crippen LogP contribution in [0.15, 0.2) is 24.7 Å². The van der Waals surface area contributed by atoms with Crippen LogP contribution in [0.2, 0.25) is 0 Å². The first kappa shape index (κ1) is 26.0. The normalized spacial score (nSPS) is 23.9. The number of fused-ring (bicyclic) bond motifs is 2. The van der Waals surface area contributed by atoms with E-state index >= 15 is 4.39 Å². The fourth-order valence-corrected chi connectivity index (χ4v) is 5.30. The number of likely N-dealkylation sites (tertiary alicyclic amines) is 1. The topological polar surface area (TPSA) is 130 Å². The van der Waals surface area contributed by atoms with Gasteiger partial charge in [0.15, 0.2) is 5.82 Å². The third-order valence-corrected chi connectivity index (χ3v) is 7.39. The quantitative estimate of drug-likeness (QED) is 0.381. The lowest BCUT2D eigenvalue weighted by Gasteiger charge is -2.38. The molecule has 0 spiro atoms. The minimum absolute atomic E-state index is 0.211. The lowest BCUT2D eigenvalue weighted by Crippen LogP contribution is -2.56. The van der Waals surface area contributed by atoms with E-state index in [0.717, 1.165) is 5.56 Å². The molecular weight excluding hydrogens is 510 g/mol. The number of anilines is 1. The van der Waals surface area contributed by atoms with Crippen molar-refractivity contribution >= 4 is 23.5 Å². The van der Waals surface area contributed by atoms with E-state index in [2.05, 4.69) is 15.1 Å². The lowest BCUT2D eigenvalue weighted by molar-refractivity contribution is -0.249. The monoisotopic (exact) mass is 535 g/mol. The Balaban J connectivity index is 1.46. The number of rotatable bonds is 4. The molecule has 1 fully saturated rings. The number of carbonyl (C=O) groups is 2. The molecule has 0 saturated carbocycles. The number of aromatic nitrogens is 4. The van der Waals surface area contributed by atoms with Crippen molar-refractivity contribution in [3.8, 4) is 11.3 Å². The summed E-state index contributed by atoms with van der Waals surface area (Å²) in [6, 6.07) is 1.62. The van der Waals surface area contributed by atoms with E-state index in [9.17, 15) is 27.9 Å². The molecule has 2 aliphatic rings. The number of alkyl halides is 4. The van der Waals surface area contributed by atoms with Crippen molar-refractivity contribution in [2.45, 2.75) is 50.3 Å². The number of aliphatic hydroxyl groups is 1. The summed E-state index contributed by atoms with van der Waals surface area (Å²) in [6.45, 7) is 1.38. The largest absolute Gasteiger partial charge is 0.426 e. The molecule has 14 heteroatoms. The third-order valence-electron chi connectivity index (χ3n) is 7.39. The maximum absolute atomic E-state index is 15.2. The first-order chi connectivity index (χ1) is 17.8. The number of hydrogen-bond donors (Lipinski definition) is 2. The van der Waals surface area contributed by atoms with E-state index in [1.807, 2.05) is 13.0 Å². The molecule has 0 aromatic carbocycles. The zero-order valence-corrected chi connectivity index (χ0v) is 20.5. The number of halogens is 4. The highest BCUT2D eigenvalue weighted by Gasteiger charge is 2.58. The molecule has 3 aromatic rings. The number of carbonyl (C=O) groups excluding carboxylic acids is 2. The van der Waals surface area contributed by atoms with Gasteiger partial charge in [0.05, 0.1) is 24.3 Å². The molecule has 3 N–H and O–H groups in total. The van der Waals surface area contributed by atoms with Gasteiger partial charge in [-0.1, -0.05) is 0 Å². The molecule has 10 nitrogen and oxygen atoms in total. The minimum atomic E-state index is -5.22. The summed E-state index contributed by atoms with van der Waals surface area (Å²) >= 11 is 0. The molecule has 5 rings (SSSR count). The fraction of sp³-hybridized carbons (Fsp3) is 0.458. The van der Waals surface area contributed by atoms with E-state index in [-0.39, 0.29) is 6.54 Å². The molecular formula is C24H25F4N7O3. The van der Waals surface area contributed by atoms with E-state index in [4.69, 9.17) is 5.73 Å². The summed E-state index contributed by atoms with van der Waals surface area (Å²) in [5.74, 6) is -1.33. The van der Waals surface area contributed by atoms with Crippen LogP contribution < -0.4 is 5.73 Å². The Morgan fingerprint density at radius 1 is 1.24 bits per heavy atom. The highest BCUT2D eigenvalue weighted by atomic mass is 19.4. The van der Waals surface area contributed by atoms with Crippen molar-refractivity contribution in [2.24, 2.45) is 0 Å². The van der Waals surface area contributed by atoms with Crippen LogP contribution in [-0.2, 0) is 16.0 Å². The van der Waals surface area contributed by atoms with Crippen molar-refractivity contribution < 1.29 is 32.3 Å². The van der Waals surface area contributed by atoms with Crippen LogP contribution in [0.25, 0.3) is 16.8 Å². The zero-order chi connectivity index (χ0) is 27.6. The van der Waals surface area contributed by atoms with Gasteiger partial charge in [0.2, 0.25) is 5.60 Å². The molecule has 0 bridgehead atoms. The van der Waals surface area contributed by atoms with Crippen LogP contribution in [0.1, 0.15) is 29.8 Å². The van der Waals surface area contributed by atoms with Gasteiger partial charge in [-0.15, -0.1) is 0 Å². The SMILES string of the molecule is Cc1cc(-c2cnc3c(c2)C(C=O)N(C2CN(C(=O)[C@@](C)(O)C(F)(F)F)CC2F)CC3)n2ncnc(N)c12. The van der Waals surface area contributed by atoms with Crippen LogP contribution in [0.4, 0.5) is 23.4 Å². The summed E-state index contributed by atoms with van der Waals surface area (Å²) in [4.78, 5) is 35.5. The van der Waals surface area contributed by atoms with Crippen molar-refractivity contribution in [3.63, 3.8) is 0 Å². The molecule has 3 unspecified atom stereocenters. The molecule has 202 valence electrons. The molecule has 1 saturated heterocycles. The standard InChI is InChI=1S/C24H25F4N7O3/c1-12-5-17(35-20(12)21(29)31-11-32-35)13-6-14-16(30-7-13)3-4-34(19(14)10-36)18-9-33(8-15(18)25)22(37)23(2,38)24(26,27)28/h5-7,10-11,15,18-19,38H,3-4,8-9H2,1-2H3,(H2,29,31,32)/t15?,18?,19?,23-/m1/s1. The molecule has 38 heavy (non-hydrogen) atoms. The summed E-state index contributed by atoms with van der Waals surface area (Å²) < 4.78 is 56.4. The third kappa shape index (κ3) is 3.98. The van der Waals surface area contributed by atoms with Gasteiger partial charge in [-0.3, -0.25) is 14.7 Å². The van der Waals surface area contributed by atoms with Gasteiger partial charge in [-0.2, -0.15) is 18.3 Å². The van der Waals surface area contributed by atoms with Crippen LogP contribution in [0.3, 0.4) is 0 Å². The summed E-state index contributed by atoms with van der Waals surface area (Å²) in [7, 11) is 0. The first-order valence-electron chi connectivity index (χ1n) is 11.9. The highest BCUT2D eigenvalue weighted by molar-refractivity contribution is 5.86. The number of aldehydes is 1. The Hall–Kier alpha value is -3.65. The maximum atomic E-state index is 15.2. The second-order valence-corrected chi connectivity index (χ2v) is 9.81. The fourth-order valence-electron chi connectivity index (χ4n) is 5.30. The van der Waals surface area contributed by atoms with Gasteiger partial charge in [0.1, 0.15) is 24.3 Å². The van der Waals surface area contributed by atoms with E-state index in [1.165, 1.54) is 6.33 Å². The predicted molar refractivity (Wildman–Crippen MR) is 127 cm³/mol. The van der Waals surface area contributed by atoms with Gasteiger partial charge in [-0.25, -0.2) is 13.9 Å². The lowest BCUT2D eigenvalue weighted by atomic mass is 9.93. The van der Waals surface area contributed by atoms with E-state index < -0.39 is 49.0 Å². The minimum Gasteiger partial charge on any atom is -0.382 e. The Kier molecular flexibility index (Phi) is 6.14. The summed E-state index contributed by atoms with van der Waals surface area (Å²) in [5, 5.41) is 14.1. The first-order valence-corrected chi connectivity index (χ1v) is 11.9. The van der Waals surface area contributed by atoms with E-state index in [1.54, 1.807) is 21.7 Å². The zero-order valence-electron chi connectivity index (χ0n) is 20.5. The molecule has 2 aliphatic heterocycles. The number of pyridine rings is 1. The van der Waals surface area contributed by atoms with Gasteiger partial charge in [0, 0.05) is 37.0 Å². The van der Waals surface area contributed by atoms with Crippen LogP contribution in [0, 0.1) is 6.92 Å². The van der Waals surface area contributed by atoms with Gasteiger partial charge >= 0.3 is 6.18 Å². The maximum Gasteiger partial charge on any atom is 0.426 e. The Bertz CT molecular complexity index is 1420. The van der Waals surface area contributed by atoms with Crippen molar-refractivity contribution in [1.82, 2.24) is 29.4 Å². The average Bonchev–Trinajstić information content (AvgIpc) is 3.42. The van der Waals surface area contributed by atoms with Crippen LogP contribution in [-0.4, -0.2) is 90.3 Å². The van der Waals surface area contributed by atoms with Crippen LogP contribution >= 0.6 is 0 Å². The van der Waals surface area contributed by atoms with Crippen LogP contribution in [0.5, 0.6) is 0 Å². The smallest absolute Gasteiger partial charge is 0.382 e. The van der Waals surface area contributed by atoms with Crippen molar-refractivity contribution in [1.29, 1.82) is 0 Å². The predicted octanol–water partition coefficient (Wildman–Crippen LogP) is 1.64. The van der Waals surface area contributed by atoms with E-state index in [0.29, 0.717) is 58.4 Å². The Morgan fingerprint density at radius 2 is 1.97 bits per heavy atom. The molecule has 3 aromatic heterocycles. The van der Waals surface area contributed by atoms with Gasteiger partial charge < -0.3 is 20.5 Å². The summed E-state index contributed by atoms with van der Waals surface area (Å²) in [5.41, 5.74) is 6.25. The second kappa shape index (κ2) is 8.98. The average molecular weight is 536 g/mol. The molecule has 1 amide bonds. The number of aryl methyl sites for hydroxylation is 1. The number of hydrogen-bond acceptors (Lipinski definition) is 8. The summed E-state index contributed by atoms with van der Waals surface area (Å²) in [6.07, 6.45) is -2.99. The van der Waals surface area contributed by atoms with Gasteiger partial charge in [-0.05, 0) is 37.1 Å². The molecule has 5 heterocycles.